The Labute approximate surface area is 181 Å². The molecule has 3 aromatic rings. The number of benzene rings is 2. The van der Waals surface area contributed by atoms with Crippen LogP contribution in [0.25, 0.3) is 11.5 Å². The van der Waals surface area contributed by atoms with Crippen molar-refractivity contribution in [3.63, 3.8) is 0 Å². The number of ether oxygens (including phenoxy) is 2. The molecule has 31 heavy (non-hydrogen) atoms. The molecule has 1 saturated heterocycles. The first kappa shape index (κ1) is 21.3. The summed E-state index contributed by atoms with van der Waals surface area (Å²) in [6.07, 6.45) is 1.47. The smallest absolute Gasteiger partial charge is 0.248 e. The van der Waals surface area contributed by atoms with Crippen LogP contribution in [0, 0.1) is 6.92 Å². The number of hydrogen-bond acceptors (Lipinski definition) is 7. The standard InChI is InChI=1S/C22H25N3O5S/c1-15-7-4-5-9-18(15)22-24-23-21(30-22)16-8-6-12-25(14-16)31(26,27)20-13-17(28-2)10-11-19(20)29-3/h4-5,7,9-11,13,16H,6,8,12,14H2,1-3H3/t16-/m0/s1. The number of aromatic nitrogens is 2. The molecule has 2 aromatic carbocycles. The summed E-state index contributed by atoms with van der Waals surface area (Å²) >= 11 is 0. The van der Waals surface area contributed by atoms with Crippen LogP contribution < -0.4 is 9.47 Å². The Morgan fingerprint density at radius 2 is 1.90 bits per heavy atom. The molecule has 0 amide bonds. The third-order valence-electron chi connectivity index (χ3n) is 5.54. The van der Waals surface area contributed by atoms with E-state index >= 15 is 0 Å². The Morgan fingerprint density at radius 3 is 2.65 bits per heavy atom. The quantitative estimate of drug-likeness (QED) is 0.574. The van der Waals surface area contributed by atoms with Gasteiger partial charge in [0.05, 0.1) is 20.1 Å². The molecule has 0 aliphatic carbocycles. The second kappa shape index (κ2) is 8.68. The van der Waals surface area contributed by atoms with Crippen molar-refractivity contribution in [1.82, 2.24) is 14.5 Å². The molecule has 1 atom stereocenters. The van der Waals surface area contributed by atoms with Crippen molar-refractivity contribution in [2.75, 3.05) is 27.3 Å². The summed E-state index contributed by atoms with van der Waals surface area (Å²) in [5.41, 5.74) is 1.92. The summed E-state index contributed by atoms with van der Waals surface area (Å²) < 4.78 is 44.7. The van der Waals surface area contributed by atoms with Gasteiger partial charge in [-0.25, -0.2) is 8.42 Å². The molecule has 4 rings (SSSR count). The highest BCUT2D eigenvalue weighted by Crippen LogP contribution is 2.35. The Balaban J connectivity index is 1.60. The Kier molecular flexibility index (Phi) is 5.97. The van der Waals surface area contributed by atoms with Crippen molar-refractivity contribution in [1.29, 1.82) is 0 Å². The van der Waals surface area contributed by atoms with E-state index in [2.05, 4.69) is 10.2 Å². The molecule has 1 aromatic heterocycles. The van der Waals surface area contributed by atoms with Gasteiger partial charge in [-0.15, -0.1) is 10.2 Å². The van der Waals surface area contributed by atoms with E-state index < -0.39 is 10.0 Å². The monoisotopic (exact) mass is 443 g/mol. The fourth-order valence-electron chi connectivity index (χ4n) is 3.81. The highest BCUT2D eigenvalue weighted by Gasteiger charge is 2.35. The third-order valence-corrected chi connectivity index (χ3v) is 7.42. The molecule has 2 heterocycles. The molecule has 1 fully saturated rings. The number of sulfonamides is 1. The first-order valence-corrected chi connectivity index (χ1v) is 11.5. The van der Waals surface area contributed by atoms with Crippen molar-refractivity contribution >= 4 is 10.0 Å². The van der Waals surface area contributed by atoms with E-state index in [-0.39, 0.29) is 23.1 Å². The predicted octanol–water partition coefficient (Wildman–Crippen LogP) is 3.63. The van der Waals surface area contributed by atoms with Gasteiger partial charge in [-0.05, 0) is 43.5 Å². The average Bonchev–Trinajstić information content (AvgIpc) is 3.29. The van der Waals surface area contributed by atoms with Gasteiger partial charge in [0.25, 0.3) is 0 Å². The van der Waals surface area contributed by atoms with Crippen LogP contribution >= 0.6 is 0 Å². The van der Waals surface area contributed by atoms with Gasteiger partial charge in [0.2, 0.25) is 21.8 Å². The zero-order valence-corrected chi connectivity index (χ0v) is 18.6. The molecular weight excluding hydrogens is 418 g/mol. The van der Waals surface area contributed by atoms with Crippen molar-refractivity contribution in [3.05, 3.63) is 53.9 Å². The van der Waals surface area contributed by atoms with Gasteiger partial charge < -0.3 is 13.9 Å². The van der Waals surface area contributed by atoms with Gasteiger partial charge in [0, 0.05) is 24.7 Å². The van der Waals surface area contributed by atoms with Crippen LogP contribution in [0.4, 0.5) is 0 Å². The third kappa shape index (κ3) is 4.15. The number of nitrogens with zero attached hydrogens (tertiary/aromatic N) is 3. The molecule has 0 unspecified atom stereocenters. The van der Waals surface area contributed by atoms with Gasteiger partial charge in [0.1, 0.15) is 16.4 Å². The van der Waals surface area contributed by atoms with E-state index in [0.29, 0.717) is 30.5 Å². The molecule has 0 spiro atoms. The second-order valence-corrected chi connectivity index (χ2v) is 9.39. The normalized spacial score (nSPS) is 17.5. The van der Waals surface area contributed by atoms with Crippen molar-refractivity contribution in [2.24, 2.45) is 0 Å². The average molecular weight is 444 g/mol. The van der Waals surface area contributed by atoms with Gasteiger partial charge in [-0.3, -0.25) is 0 Å². The largest absolute Gasteiger partial charge is 0.497 e. The number of methoxy groups -OCH3 is 2. The Morgan fingerprint density at radius 1 is 1.10 bits per heavy atom. The van der Waals surface area contributed by atoms with E-state index in [0.717, 1.165) is 17.5 Å². The highest BCUT2D eigenvalue weighted by molar-refractivity contribution is 7.89. The lowest BCUT2D eigenvalue weighted by Gasteiger charge is -2.30. The minimum Gasteiger partial charge on any atom is -0.497 e. The van der Waals surface area contributed by atoms with Crippen LogP contribution in [0.1, 0.15) is 30.2 Å². The Hall–Kier alpha value is -2.91. The number of aryl methyl sites for hydroxylation is 1. The molecule has 1 aliphatic rings. The molecule has 0 radical (unpaired) electrons. The Bertz CT molecular complexity index is 1180. The van der Waals surface area contributed by atoms with Crippen LogP contribution in [0.3, 0.4) is 0 Å². The maximum Gasteiger partial charge on any atom is 0.248 e. The lowest BCUT2D eigenvalue weighted by Crippen LogP contribution is -2.39. The molecule has 0 N–H and O–H groups in total. The van der Waals surface area contributed by atoms with E-state index in [1.165, 1.54) is 24.6 Å². The molecule has 9 heteroatoms. The van der Waals surface area contributed by atoms with Gasteiger partial charge in [0.15, 0.2) is 0 Å². The number of rotatable bonds is 6. The summed E-state index contributed by atoms with van der Waals surface area (Å²) in [6.45, 7) is 2.66. The van der Waals surface area contributed by atoms with E-state index in [4.69, 9.17) is 13.9 Å². The molecular formula is C22H25N3O5S. The van der Waals surface area contributed by atoms with Crippen LogP contribution in [0.2, 0.25) is 0 Å². The fraction of sp³-hybridized carbons (Fsp3) is 0.364. The fourth-order valence-corrected chi connectivity index (χ4v) is 5.50. The molecule has 164 valence electrons. The summed E-state index contributed by atoms with van der Waals surface area (Å²) in [4.78, 5) is 0.0844. The molecule has 0 saturated carbocycles. The predicted molar refractivity (Wildman–Crippen MR) is 115 cm³/mol. The van der Waals surface area contributed by atoms with Crippen LogP contribution in [0.5, 0.6) is 11.5 Å². The zero-order chi connectivity index (χ0) is 22.0. The van der Waals surface area contributed by atoms with Crippen LogP contribution in [0.15, 0.2) is 51.8 Å². The van der Waals surface area contributed by atoms with Crippen molar-refractivity contribution < 1.29 is 22.3 Å². The van der Waals surface area contributed by atoms with E-state index in [1.54, 1.807) is 12.1 Å². The maximum atomic E-state index is 13.4. The van der Waals surface area contributed by atoms with Gasteiger partial charge in [-0.2, -0.15) is 4.31 Å². The SMILES string of the molecule is COc1ccc(OC)c(S(=O)(=O)N2CCC[C@H](c3nnc(-c4ccccc4C)o3)C2)c1. The molecule has 0 bridgehead atoms. The van der Waals surface area contributed by atoms with Gasteiger partial charge >= 0.3 is 0 Å². The van der Waals surface area contributed by atoms with E-state index in [9.17, 15) is 8.42 Å². The zero-order valence-electron chi connectivity index (χ0n) is 17.7. The summed E-state index contributed by atoms with van der Waals surface area (Å²) in [5.74, 6) is 1.46. The van der Waals surface area contributed by atoms with Crippen LogP contribution in [-0.4, -0.2) is 50.2 Å². The minimum atomic E-state index is -3.79. The number of piperidine rings is 1. The summed E-state index contributed by atoms with van der Waals surface area (Å²) in [7, 11) is -0.845. The topological polar surface area (TPSA) is 94.8 Å². The van der Waals surface area contributed by atoms with Crippen molar-refractivity contribution in [2.45, 2.75) is 30.6 Å². The minimum absolute atomic E-state index is 0.0844. The second-order valence-electron chi connectivity index (χ2n) is 7.48. The molecule has 1 aliphatic heterocycles. The first-order chi connectivity index (χ1) is 14.9. The van der Waals surface area contributed by atoms with Crippen molar-refractivity contribution in [3.8, 4) is 23.0 Å². The molecule has 8 nitrogen and oxygen atoms in total. The van der Waals surface area contributed by atoms with Gasteiger partial charge in [-0.1, -0.05) is 18.2 Å². The lowest BCUT2D eigenvalue weighted by atomic mass is 10.00. The summed E-state index contributed by atoms with van der Waals surface area (Å²) in [6, 6.07) is 12.5. The highest BCUT2D eigenvalue weighted by atomic mass is 32.2. The summed E-state index contributed by atoms with van der Waals surface area (Å²) in [5, 5.41) is 8.42. The number of hydrogen-bond donors (Lipinski definition) is 0. The van der Waals surface area contributed by atoms with E-state index in [1.807, 2.05) is 31.2 Å². The lowest BCUT2D eigenvalue weighted by molar-refractivity contribution is 0.285. The first-order valence-electron chi connectivity index (χ1n) is 10.1. The maximum absolute atomic E-state index is 13.4. The van der Waals surface area contributed by atoms with Crippen LogP contribution in [-0.2, 0) is 10.0 Å².